The second-order valence-corrected chi connectivity index (χ2v) is 13.7. The fourth-order valence-electron chi connectivity index (χ4n) is 7.91. The summed E-state index contributed by atoms with van der Waals surface area (Å²) in [5, 5.41) is 3.63. The molecule has 3 saturated heterocycles. The quantitative estimate of drug-likeness (QED) is 0.323. The second kappa shape index (κ2) is 11.6. The van der Waals surface area contributed by atoms with E-state index in [1.165, 1.54) is 4.57 Å². The maximum atomic E-state index is 13.9. The van der Waals surface area contributed by atoms with Crippen molar-refractivity contribution >= 4 is 40.1 Å². The van der Waals surface area contributed by atoms with Crippen LogP contribution in [0.15, 0.2) is 65.8 Å². The van der Waals surface area contributed by atoms with Gasteiger partial charge in [-0.05, 0) is 72.2 Å². The van der Waals surface area contributed by atoms with E-state index in [9.17, 15) is 24.0 Å². The summed E-state index contributed by atoms with van der Waals surface area (Å²) in [7, 11) is 3.28. The van der Waals surface area contributed by atoms with E-state index >= 15 is 0 Å². The van der Waals surface area contributed by atoms with Gasteiger partial charge in [0, 0.05) is 92.6 Å². The number of hydrogen-bond acceptors (Lipinski definition) is 8. The SMILES string of the molecule is COc1cc(C(=O)N2CCC3(CC2)CN(c2ccc4c(c2)C(=O)N(C2CCC(=O)NC2=O)C4)C3)cc(-c2cn(C)c(=O)c3cnccc23)c1. The summed E-state index contributed by atoms with van der Waals surface area (Å²) in [6.07, 6.45) is 7.33. The molecule has 12 nitrogen and oxygen atoms in total. The lowest BCUT2D eigenvalue weighted by Crippen LogP contribution is -2.61. The van der Waals surface area contributed by atoms with Crippen LogP contribution in [-0.4, -0.2) is 82.3 Å². The third kappa shape index (κ3) is 5.22. The van der Waals surface area contributed by atoms with Crippen LogP contribution in [0.3, 0.4) is 0 Å². The predicted octanol–water partition coefficient (Wildman–Crippen LogP) is 3.11. The number of fused-ring (bicyclic) bond motifs is 2. The molecule has 4 aliphatic rings. The molecule has 8 rings (SSSR count). The van der Waals surface area contributed by atoms with Gasteiger partial charge in [0.2, 0.25) is 11.8 Å². The van der Waals surface area contributed by atoms with E-state index in [1.54, 1.807) is 43.7 Å². The Morgan fingerprint density at radius 3 is 2.53 bits per heavy atom. The molecule has 49 heavy (non-hydrogen) atoms. The van der Waals surface area contributed by atoms with Gasteiger partial charge < -0.3 is 24.0 Å². The highest BCUT2D eigenvalue weighted by Crippen LogP contribution is 2.44. The van der Waals surface area contributed by atoms with Crippen molar-refractivity contribution in [1.29, 1.82) is 0 Å². The summed E-state index contributed by atoms with van der Waals surface area (Å²) in [6.45, 7) is 3.32. The molecule has 250 valence electrons. The van der Waals surface area contributed by atoms with E-state index in [1.807, 2.05) is 41.3 Å². The number of ether oxygens (including phenoxy) is 1. The molecule has 2 aromatic carbocycles. The normalized spacial score (nSPS) is 20.0. The minimum absolute atomic E-state index is 0.0559. The summed E-state index contributed by atoms with van der Waals surface area (Å²) in [4.78, 5) is 73.9. The van der Waals surface area contributed by atoms with Gasteiger partial charge in [-0.1, -0.05) is 6.07 Å². The van der Waals surface area contributed by atoms with Crippen LogP contribution in [0.1, 0.15) is 52.0 Å². The number of anilines is 1. The van der Waals surface area contributed by atoms with Crippen LogP contribution in [0, 0.1) is 5.41 Å². The molecular formula is C37H36N6O6. The zero-order valence-electron chi connectivity index (χ0n) is 27.4. The second-order valence-electron chi connectivity index (χ2n) is 13.7. The van der Waals surface area contributed by atoms with Crippen LogP contribution >= 0.6 is 0 Å². The first-order chi connectivity index (χ1) is 23.6. The third-order valence-electron chi connectivity index (χ3n) is 10.7. The van der Waals surface area contributed by atoms with Crippen LogP contribution in [0.2, 0.25) is 0 Å². The summed E-state index contributed by atoms with van der Waals surface area (Å²) < 4.78 is 7.13. The molecular weight excluding hydrogens is 624 g/mol. The molecule has 4 aromatic rings. The molecule has 0 radical (unpaired) electrons. The number of piperidine rings is 2. The van der Waals surface area contributed by atoms with E-state index < -0.39 is 11.9 Å². The highest BCUT2D eigenvalue weighted by Gasteiger charge is 2.46. The van der Waals surface area contributed by atoms with Gasteiger partial charge in [0.1, 0.15) is 11.8 Å². The molecule has 1 spiro atoms. The smallest absolute Gasteiger partial charge is 0.259 e. The maximum absolute atomic E-state index is 13.9. The number of hydrogen-bond donors (Lipinski definition) is 1. The molecule has 3 fully saturated rings. The molecule has 0 bridgehead atoms. The molecule has 1 unspecified atom stereocenters. The molecule has 4 amide bonds. The lowest BCUT2D eigenvalue weighted by molar-refractivity contribution is -0.136. The van der Waals surface area contributed by atoms with Crippen LogP contribution in [0.25, 0.3) is 21.9 Å². The molecule has 1 N–H and O–H groups in total. The molecule has 6 heterocycles. The Morgan fingerprint density at radius 2 is 1.78 bits per heavy atom. The van der Waals surface area contributed by atoms with Gasteiger partial charge in [-0.15, -0.1) is 0 Å². The fraction of sp³-hybridized carbons (Fsp3) is 0.351. The summed E-state index contributed by atoms with van der Waals surface area (Å²) in [5.74, 6) is -0.368. The number of rotatable bonds is 5. The number of imide groups is 1. The van der Waals surface area contributed by atoms with Crippen LogP contribution < -0.4 is 20.5 Å². The summed E-state index contributed by atoms with van der Waals surface area (Å²) in [6, 6.07) is 12.6. The lowest BCUT2D eigenvalue weighted by Gasteiger charge is -2.55. The largest absolute Gasteiger partial charge is 0.497 e. The fourth-order valence-corrected chi connectivity index (χ4v) is 7.91. The van der Waals surface area contributed by atoms with Crippen molar-refractivity contribution in [3.05, 3.63) is 88.1 Å². The van der Waals surface area contributed by atoms with Gasteiger partial charge in [-0.3, -0.25) is 34.3 Å². The minimum atomic E-state index is -0.629. The van der Waals surface area contributed by atoms with E-state index in [0.717, 1.165) is 53.7 Å². The Kier molecular flexibility index (Phi) is 7.27. The molecule has 0 saturated carbocycles. The van der Waals surface area contributed by atoms with Gasteiger partial charge in [0.15, 0.2) is 0 Å². The summed E-state index contributed by atoms with van der Waals surface area (Å²) >= 11 is 0. The standard InChI is InChI=1S/C37H36N6O6/c1-40-19-30(27-7-10-38-17-29(27)35(40)47)23-13-24(15-26(14-23)49-2)34(46)41-11-8-37(9-12-41)20-42(21-37)25-4-3-22-18-43(36(48)28(22)16-25)31-5-6-32(44)39-33(31)45/h3-4,7,10,13-17,19,31H,5-6,8-9,11-12,18,20-21H2,1-2H3,(H,39,44,45). The van der Waals surface area contributed by atoms with E-state index in [4.69, 9.17) is 4.74 Å². The van der Waals surface area contributed by atoms with Gasteiger partial charge in [0.25, 0.3) is 17.4 Å². The average Bonchev–Trinajstić information content (AvgIpc) is 3.43. The molecule has 2 aromatic heterocycles. The van der Waals surface area contributed by atoms with Crippen molar-refractivity contribution in [3.63, 3.8) is 0 Å². The molecule has 1 atom stereocenters. The highest BCUT2D eigenvalue weighted by molar-refractivity contribution is 6.06. The first-order valence-corrected chi connectivity index (χ1v) is 16.6. The first kappa shape index (κ1) is 30.8. The summed E-state index contributed by atoms with van der Waals surface area (Å²) in [5.41, 5.74) is 4.58. The van der Waals surface area contributed by atoms with Gasteiger partial charge >= 0.3 is 0 Å². The van der Waals surface area contributed by atoms with E-state index in [-0.39, 0.29) is 35.1 Å². The Balaban J connectivity index is 0.941. The number of pyridine rings is 2. The molecule has 12 heteroatoms. The predicted molar refractivity (Wildman–Crippen MR) is 181 cm³/mol. The highest BCUT2D eigenvalue weighted by atomic mass is 16.5. The maximum Gasteiger partial charge on any atom is 0.259 e. The minimum Gasteiger partial charge on any atom is -0.497 e. The Morgan fingerprint density at radius 1 is 0.980 bits per heavy atom. The van der Waals surface area contributed by atoms with Crippen molar-refractivity contribution in [1.82, 2.24) is 24.7 Å². The Hall–Kier alpha value is -5.52. The van der Waals surface area contributed by atoms with E-state index in [2.05, 4.69) is 15.2 Å². The monoisotopic (exact) mass is 660 g/mol. The number of aryl methyl sites for hydroxylation is 1. The Labute approximate surface area is 282 Å². The van der Waals surface area contributed by atoms with Crippen molar-refractivity contribution in [2.45, 2.75) is 38.3 Å². The number of nitrogens with one attached hydrogen (secondary N) is 1. The number of methoxy groups -OCH3 is 1. The van der Waals surface area contributed by atoms with Crippen molar-refractivity contribution < 1.29 is 23.9 Å². The van der Waals surface area contributed by atoms with E-state index in [0.29, 0.717) is 48.3 Å². The van der Waals surface area contributed by atoms with Gasteiger partial charge in [0.05, 0.1) is 12.5 Å². The number of carbonyl (C=O) groups excluding carboxylic acids is 4. The van der Waals surface area contributed by atoms with Crippen molar-refractivity contribution in [3.8, 4) is 16.9 Å². The Bertz CT molecular complexity index is 2130. The van der Waals surface area contributed by atoms with Crippen molar-refractivity contribution in [2.24, 2.45) is 12.5 Å². The van der Waals surface area contributed by atoms with Crippen molar-refractivity contribution in [2.75, 3.05) is 38.2 Å². The average molecular weight is 661 g/mol. The van der Waals surface area contributed by atoms with Crippen LogP contribution in [0.4, 0.5) is 5.69 Å². The number of aromatic nitrogens is 2. The van der Waals surface area contributed by atoms with Crippen LogP contribution in [-0.2, 0) is 23.2 Å². The lowest BCUT2D eigenvalue weighted by atomic mass is 9.71. The third-order valence-corrected chi connectivity index (χ3v) is 10.7. The number of likely N-dealkylation sites (tertiary alicyclic amines) is 1. The first-order valence-electron chi connectivity index (χ1n) is 16.6. The number of amides is 4. The van der Waals surface area contributed by atoms with Gasteiger partial charge in [-0.25, -0.2) is 0 Å². The molecule has 4 aliphatic heterocycles. The number of benzene rings is 2. The molecule has 0 aliphatic carbocycles. The zero-order chi connectivity index (χ0) is 34.0. The van der Waals surface area contributed by atoms with Crippen LogP contribution in [0.5, 0.6) is 5.75 Å². The number of carbonyl (C=O) groups is 4. The topological polar surface area (TPSA) is 134 Å². The van der Waals surface area contributed by atoms with Gasteiger partial charge in [-0.2, -0.15) is 0 Å². The zero-order valence-corrected chi connectivity index (χ0v) is 27.4. The number of nitrogens with zero attached hydrogens (tertiary/aromatic N) is 5.